The first-order valence-corrected chi connectivity index (χ1v) is 5.90. The Morgan fingerprint density at radius 2 is 2.15 bits per heavy atom. The minimum absolute atomic E-state index is 0.0498. The third-order valence-corrected chi connectivity index (χ3v) is 2.73. The standard InChI is InChI=1S/C12H9ClN4O3/c1-7-8(3-2-6-14-7)12(18)16-11-9(17(19)20)4-5-10(13)15-11/h2-6H,1H3,(H,15,16,18). The number of aromatic nitrogens is 2. The predicted octanol–water partition coefficient (Wildman–Crippen LogP) is 2.60. The van der Waals surface area contributed by atoms with Crippen molar-refractivity contribution in [2.75, 3.05) is 5.32 Å². The van der Waals surface area contributed by atoms with Crippen LogP contribution in [0.15, 0.2) is 30.5 Å². The maximum Gasteiger partial charge on any atom is 0.311 e. The topological polar surface area (TPSA) is 98.0 Å². The van der Waals surface area contributed by atoms with Crippen LogP contribution in [0.3, 0.4) is 0 Å². The Morgan fingerprint density at radius 1 is 1.40 bits per heavy atom. The highest BCUT2D eigenvalue weighted by atomic mass is 35.5. The lowest BCUT2D eigenvalue weighted by Gasteiger charge is -2.06. The van der Waals surface area contributed by atoms with Gasteiger partial charge in [-0.2, -0.15) is 0 Å². The Kier molecular flexibility index (Phi) is 3.90. The van der Waals surface area contributed by atoms with Gasteiger partial charge in [0.05, 0.1) is 10.5 Å². The maximum absolute atomic E-state index is 12.1. The van der Waals surface area contributed by atoms with Crippen LogP contribution in [0.25, 0.3) is 0 Å². The lowest BCUT2D eigenvalue weighted by molar-refractivity contribution is -0.384. The van der Waals surface area contributed by atoms with E-state index in [0.29, 0.717) is 11.3 Å². The summed E-state index contributed by atoms with van der Waals surface area (Å²) in [5.41, 5.74) is 0.488. The number of nitrogens with one attached hydrogen (secondary N) is 1. The molecule has 0 unspecified atom stereocenters. The molecule has 0 spiro atoms. The number of nitro groups is 1. The first-order chi connectivity index (χ1) is 9.49. The first kappa shape index (κ1) is 13.9. The van der Waals surface area contributed by atoms with Crippen LogP contribution in [-0.2, 0) is 0 Å². The number of hydrogen-bond donors (Lipinski definition) is 1. The van der Waals surface area contributed by atoms with Gasteiger partial charge in [0.2, 0.25) is 5.82 Å². The van der Waals surface area contributed by atoms with Crippen LogP contribution >= 0.6 is 11.6 Å². The normalized spacial score (nSPS) is 10.1. The summed E-state index contributed by atoms with van der Waals surface area (Å²) in [5.74, 6) is -0.732. The average molecular weight is 293 g/mol. The summed E-state index contributed by atoms with van der Waals surface area (Å²) in [5, 5.41) is 13.3. The highest BCUT2D eigenvalue weighted by molar-refractivity contribution is 6.29. The Labute approximate surface area is 118 Å². The van der Waals surface area contributed by atoms with Crippen molar-refractivity contribution in [3.63, 3.8) is 0 Å². The zero-order chi connectivity index (χ0) is 14.7. The van der Waals surface area contributed by atoms with E-state index in [1.165, 1.54) is 12.1 Å². The van der Waals surface area contributed by atoms with Crippen LogP contribution < -0.4 is 5.32 Å². The molecule has 0 aliphatic heterocycles. The lowest BCUT2D eigenvalue weighted by Crippen LogP contribution is -2.16. The molecule has 0 bridgehead atoms. The summed E-state index contributed by atoms with van der Waals surface area (Å²) >= 11 is 5.68. The number of amides is 1. The fourth-order valence-corrected chi connectivity index (χ4v) is 1.71. The number of pyridine rings is 2. The molecule has 0 saturated heterocycles. The largest absolute Gasteiger partial charge is 0.311 e. The zero-order valence-corrected chi connectivity index (χ0v) is 11.1. The minimum atomic E-state index is -0.644. The SMILES string of the molecule is Cc1ncccc1C(=O)Nc1nc(Cl)ccc1[N+](=O)[O-]. The second-order valence-electron chi connectivity index (χ2n) is 3.85. The van der Waals surface area contributed by atoms with E-state index >= 15 is 0 Å². The molecule has 0 atom stereocenters. The average Bonchev–Trinajstić information content (AvgIpc) is 2.38. The van der Waals surface area contributed by atoms with Gasteiger partial charge in [0, 0.05) is 18.0 Å². The molecule has 0 fully saturated rings. The number of halogens is 1. The van der Waals surface area contributed by atoms with E-state index in [9.17, 15) is 14.9 Å². The zero-order valence-electron chi connectivity index (χ0n) is 10.3. The van der Waals surface area contributed by atoms with Gasteiger partial charge < -0.3 is 5.32 Å². The van der Waals surface area contributed by atoms with E-state index in [4.69, 9.17) is 11.6 Å². The molecule has 0 saturated carbocycles. The molecule has 1 N–H and O–H groups in total. The van der Waals surface area contributed by atoms with Gasteiger partial charge in [-0.3, -0.25) is 19.9 Å². The number of hydrogen-bond acceptors (Lipinski definition) is 5. The molecule has 0 aromatic carbocycles. The molecular weight excluding hydrogens is 284 g/mol. The molecule has 2 rings (SSSR count). The molecule has 1 amide bonds. The number of aryl methyl sites for hydroxylation is 1. The highest BCUT2D eigenvalue weighted by Crippen LogP contribution is 2.24. The van der Waals surface area contributed by atoms with Crippen LogP contribution in [0, 0.1) is 17.0 Å². The third kappa shape index (κ3) is 2.89. The molecule has 7 nitrogen and oxygen atoms in total. The van der Waals surface area contributed by atoms with Crippen LogP contribution in [0.5, 0.6) is 0 Å². The monoisotopic (exact) mass is 292 g/mol. The molecule has 2 aromatic heterocycles. The van der Waals surface area contributed by atoms with Crippen LogP contribution in [-0.4, -0.2) is 20.8 Å². The third-order valence-electron chi connectivity index (χ3n) is 2.52. The minimum Gasteiger partial charge on any atom is -0.301 e. The van der Waals surface area contributed by atoms with Crippen LogP contribution in [0.1, 0.15) is 16.1 Å². The summed E-state index contributed by atoms with van der Waals surface area (Å²) in [6.07, 6.45) is 1.55. The first-order valence-electron chi connectivity index (χ1n) is 5.53. The quantitative estimate of drug-likeness (QED) is 0.532. The van der Waals surface area contributed by atoms with Gasteiger partial charge in [-0.25, -0.2) is 4.98 Å². The molecule has 2 heterocycles. The maximum atomic E-state index is 12.1. The molecule has 0 aliphatic rings. The summed E-state index contributed by atoms with van der Waals surface area (Å²) in [6.45, 7) is 1.66. The van der Waals surface area contributed by atoms with Crippen LogP contribution in [0.4, 0.5) is 11.5 Å². The van der Waals surface area contributed by atoms with E-state index in [2.05, 4.69) is 15.3 Å². The van der Waals surface area contributed by atoms with E-state index in [-0.39, 0.29) is 16.7 Å². The molecule has 8 heteroatoms. The number of carbonyl (C=O) groups excluding carboxylic acids is 1. The number of rotatable bonds is 3. The number of nitrogens with zero attached hydrogens (tertiary/aromatic N) is 3. The Hall–Kier alpha value is -2.54. The smallest absolute Gasteiger partial charge is 0.301 e. The van der Waals surface area contributed by atoms with Gasteiger partial charge in [0.15, 0.2) is 0 Å². The van der Waals surface area contributed by atoms with E-state index in [0.717, 1.165) is 0 Å². The second kappa shape index (κ2) is 5.62. The molecule has 102 valence electrons. The number of carbonyl (C=O) groups is 1. The second-order valence-corrected chi connectivity index (χ2v) is 4.24. The highest BCUT2D eigenvalue weighted by Gasteiger charge is 2.19. The molecule has 0 radical (unpaired) electrons. The van der Waals surface area contributed by atoms with E-state index < -0.39 is 10.8 Å². The van der Waals surface area contributed by atoms with E-state index in [1.807, 2.05) is 0 Å². The van der Waals surface area contributed by atoms with Gasteiger partial charge in [-0.1, -0.05) is 11.6 Å². The Balaban J connectivity index is 2.35. The van der Waals surface area contributed by atoms with Crippen LogP contribution in [0.2, 0.25) is 5.15 Å². The summed E-state index contributed by atoms with van der Waals surface area (Å²) < 4.78 is 0. The van der Waals surface area contributed by atoms with Gasteiger partial charge in [0.1, 0.15) is 5.15 Å². The van der Waals surface area contributed by atoms with Crippen molar-refractivity contribution in [1.29, 1.82) is 0 Å². The van der Waals surface area contributed by atoms with Crippen molar-refractivity contribution in [3.05, 3.63) is 57.0 Å². The van der Waals surface area contributed by atoms with Gasteiger partial charge >= 0.3 is 5.69 Å². The van der Waals surface area contributed by atoms with Gasteiger partial charge in [-0.05, 0) is 25.1 Å². The Bertz CT molecular complexity index is 690. The van der Waals surface area contributed by atoms with Gasteiger partial charge in [0.25, 0.3) is 5.91 Å². The van der Waals surface area contributed by atoms with Crippen molar-refractivity contribution in [1.82, 2.24) is 9.97 Å². The fourth-order valence-electron chi connectivity index (χ4n) is 1.57. The molecule has 2 aromatic rings. The summed E-state index contributed by atoms with van der Waals surface area (Å²) in [7, 11) is 0. The summed E-state index contributed by atoms with van der Waals surface area (Å²) in [4.78, 5) is 30.0. The summed E-state index contributed by atoms with van der Waals surface area (Å²) in [6, 6.07) is 5.63. The van der Waals surface area contributed by atoms with Crippen molar-refractivity contribution in [2.24, 2.45) is 0 Å². The fraction of sp³-hybridized carbons (Fsp3) is 0.0833. The van der Waals surface area contributed by atoms with Gasteiger partial charge in [-0.15, -0.1) is 0 Å². The van der Waals surface area contributed by atoms with Crippen molar-refractivity contribution in [2.45, 2.75) is 6.92 Å². The van der Waals surface area contributed by atoms with E-state index in [1.54, 1.807) is 25.3 Å². The predicted molar refractivity (Wildman–Crippen MR) is 72.8 cm³/mol. The lowest BCUT2D eigenvalue weighted by atomic mass is 10.2. The molecule has 0 aliphatic carbocycles. The number of anilines is 1. The van der Waals surface area contributed by atoms with Crippen molar-refractivity contribution < 1.29 is 9.72 Å². The molecule has 20 heavy (non-hydrogen) atoms. The van der Waals surface area contributed by atoms with Crippen molar-refractivity contribution >= 4 is 29.0 Å². The van der Waals surface area contributed by atoms with Crippen molar-refractivity contribution in [3.8, 4) is 0 Å². The molecular formula is C12H9ClN4O3. The Morgan fingerprint density at radius 3 is 2.80 bits per heavy atom.